The molecule has 4 nitrogen and oxygen atoms in total. The second-order valence-electron chi connectivity index (χ2n) is 3.42. The number of phosphoric acid groups is 1. The summed E-state index contributed by atoms with van der Waals surface area (Å²) >= 11 is 0. The fraction of sp³-hybridized carbons (Fsp3) is 1.00. The van der Waals surface area contributed by atoms with Crippen LogP contribution in [0.5, 0.6) is 0 Å². The van der Waals surface area contributed by atoms with Crippen molar-refractivity contribution in [2.75, 3.05) is 13.2 Å². The molecule has 5 heteroatoms. The van der Waals surface area contributed by atoms with E-state index in [2.05, 4.69) is 0 Å². The molecule has 1 aliphatic rings. The van der Waals surface area contributed by atoms with Gasteiger partial charge in [0, 0.05) is 0 Å². The van der Waals surface area contributed by atoms with Crippen LogP contribution in [0, 0.1) is 0 Å². The molecule has 1 rings (SSSR count). The van der Waals surface area contributed by atoms with Gasteiger partial charge in [0.1, 0.15) is 0 Å². The molecule has 1 saturated carbocycles. The van der Waals surface area contributed by atoms with Gasteiger partial charge in [-0.1, -0.05) is 13.8 Å². The van der Waals surface area contributed by atoms with Crippen LogP contribution in [0.3, 0.4) is 0 Å². The van der Waals surface area contributed by atoms with Gasteiger partial charge in [-0.25, -0.2) is 4.57 Å². The van der Waals surface area contributed by atoms with Crippen molar-refractivity contribution in [1.29, 1.82) is 0 Å². The highest BCUT2D eigenvalue weighted by Crippen LogP contribution is 2.54. The first-order valence-corrected chi connectivity index (χ1v) is 6.73. The van der Waals surface area contributed by atoms with Crippen molar-refractivity contribution in [1.82, 2.24) is 0 Å². The Morgan fingerprint density at radius 2 is 1.64 bits per heavy atom. The number of hydrogen-bond donors (Lipinski definition) is 0. The van der Waals surface area contributed by atoms with Crippen LogP contribution in [-0.4, -0.2) is 19.3 Å². The molecule has 0 aromatic carbocycles. The molecule has 0 spiro atoms. The van der Waals surface area contributed by atoms with Gasteiger partial charge in [0.05, 0.1) is 19.3 Å². The quantitative estimate of drug-likeness (QED) is 0.592. The third-order valence-corrected chi connectivity index (χ3v) is 3.26. The van der Waals surface area contributed by atoms with Crippen LogP contribution < -0.4 is 0 Å². The van der Waals surface area contributed by atoms with Crippen LogP contribution in [0.2, 0.25) is 0 Å². The Bertz CT molecular complexity index is 191. The maximum absolute atomic E-state index is 11.9. The predicted octanol–water partition coefficient (Wildman–Crippen LogP) is 3.13. The van der Waals surface area contributed by atoms with Gasteiger partial charge in [-0.3, -0.25) is 13.6 Å². The molecule has 14 heavy (non-hydrogen) atoms. The van der Waals surface area contributed by atoms with Crippen molar-refractivity contribution in [3.05, 3.63) is 0 Å². The highest BCUT2D eigenvalue weighted by Gasteiger charge is 2.35. The lowest BCUT2D eigenvalue weighted by molar-refractivity contribution is 0.108. The molecule has 0 aromatic rings. The standard InChI is InChI=1S/C9H19O4P/c1-3-7-11-14(10,12-8-4-2)13-9-5-6-9/h9H,3-8H2,1-2H3. The molecule has 0 atom stereocenters. The van der Waals surface area contributed by atoms with E-state index in [9.17, 15) is 4.57 Å². The summed E-state index contributed by atoms with van der Waals surface area (Å²) in [6, 6.07) is 0. The molecule has 0 saturated heterocycles. The van der Waals surface area contributed by atoms with Crippen LogP contribution in [0.1, 0.15) is 39.5 Å². The Morgan fingerprint density at radius 3 is 2.00 bits per heavy atom. The van der Waals surface area contributed by atoms with Crippen molar-refractivity contribution in [3.8, 4) is 0 Å². The fourth-order valence-corrected chi connectivity index (χ4v) is 2.44. The Kier molecular flexibility index (Phi) is 5.10. The maximum atomic E-state index is 11.9. The average molecular weight is 222 g/mol. The van der Waals surface area contributed by atoms with Crippen LogP contribution >= 0.6 is 7.82 Å². The van der Waals surface area contributed by atoms with Crippen molar-refractivity contribution in [2.45, 2.75) is 45.6 Å². The second kappa shape index (κ2) is 5.86. The predicted molar refractivity (Wildman–Crippen MR) is 54.2 cm³/mol. The van der Waals surface area contributed by atoms with Crippen LogP contribution in [0.4, 0.5) is 0 Å². The summed E-state index contributed by atoms with van der Waals surface area (Å²) in [7, 11) is -3.25. The minimum Gasteiger partial charge on any atom is -0.287 e. The topological polar surface area (TPSA) is 44.8 Å². The molecule has 0 aromatic heterocycles. The Labute approximate surface area is 85.5 Å². The zero-order valence-corrected chi connectivity index (χ0v) is 9.79. The van der Waals surface area contributed by atoms with E-state index < -0.39 is 7.82 Å². The third kappa shape index (κ3) is 4.56. The Morgan fingerprint density at radius 1 is 1.14 bits per heavy atom. The SMILES string of the molecule is CCCOP(=O)(OCCC)OC1CC1. The maximum Gasteiger partial charge on any atom is 0.475 e. The van der Waals surface area contributed by atoms with Crippen molar-refractivity contribution >= 4 is 7.82 Å². The summed E-state index contributed by atoms with van der Waals surface area (Å²) < 4.78 is 27.5. The van der Waals surface area contributed by atoms with Gasteiger partial charge >= 0.3 is 7.82 Å². The van der Waals surface area contributed by atoms with E-state index >= 15 is 0 Å². The van der Waals surface area contributed by atoms with Crippen molar-refractivity contribution < 1.29 is 18.1 Å². The summed E-state index contributed by atoms with van der Waals surface area (Å²) in [5.74, 6) is 0. The van der Waals surface area contributed by atoms with Gasteiger partial charge in [0.2, 0.25) is 0 Å². The minimum atomic E-state index is -3.25. The monoisotopic (exact) mass is 222 g/mol. The smallest absolute Gasteiger partial charge is 0.287 e. The lowest BCUT2D eigenvalue weighted by Crippen LogP contribution is -2.03. The average Bonchev–Trinajstić information content (AvgIpc) is 2.96. The van der Waals surface area contributed by atoms with E-state index in [-0.39, 0.29) is 6.10 Å². The second-order valence-corrected chi connectivity index (χ2v) is 5.04. The van der Waals surface area contributed by atoms with Gasteiger partial charge in [0.15, 0.2) is 0 Å². The zero-order valence-electron chi connectivity index (χ0n) is 8.90. The van der Waals surface area contributed by atoms with E-state index in [0.29, 0.717) is 13.2 Å². The first-order valence-electron chi connectivity index (χ1n) is 5.27. The molecular weight excluding hydrogens is 203 g/mol. The molecule has 0 aliphatic heterocycles. The van der Waals surface area contributed by atoms with E-state index in [4.69, 9.17) is 13.6 Å². The molecule has 1 aliphatic carbocycles. The van der Waals surface area contributed by atoms with Crippen molar-refractivity contribution in [2.24, 2.45) is 0 Å². The van der Waals surface area contributed by atoms with E-state index in [1.807, 2.05) is 13.8 Å². The molecule has 0 heterocycles. The van der Waals surface area contributed by atoms with E-state index in [1.165, 1.54) is 0 Å². The first-order chi connectivity index (χ1) is 6.70. The highest BCUT2D eigenvalue weighted by molar-refractivity contribution is 7.48. The molecule has 0 unspecified atom stereocenters. The summed E-state index contributed by atoms with van der Waals surface area (Å²) in [6.07, 6.45) is 3.65. The lowest BCUT2D eigenvalue weighted by atomic mass is 10.5. The first kappa shape index (κ1) is 12.2. The fourth-order valence-electron chi connectivity index (χ4n) is 0.860. The summed E-state index contributed by atoms with van der Waals surface area (Å²) in [5.41, 5.74) is 0. The zero-order chi connectivity index (χ0) is 10.4. The van der Waals surface area contributed by atoms with Crippen LogP contribution in [-0.2, 0) is 18.1 Å². The van der Waals surface area contributed by atoms with Gasteiger partial charge in [-0.2, -0.15) is 0 Å². The third-order valence-electron chi connectivity index (χ3n) is 1.71. The molecule has 0 N–H and O–H groups in total. The lowest BCUT2D eigenvalue weighted by Gasteiger charge is -2.16. The van der Waals surface area contributed by atoms with Gasteiger partial charge in [-0.05, 0) is 25.7 Å². The van der Waals surface area contributed by atoms with Crippen LogP contribution in [0.25, 0.3) is 0 Å². The highest BCUT2D eigenvalue weighted by atomic mass is 31.2. The van der Waals surface area contributed by atoms with Crippen molar-refractivity contribution in [3.63, 3.8) is 0 Å². The number of hydrogen-bond acceptors (Lipinski definition) is 4. The van der Waals surface area contributed by atoms with E-state index in [1.54, 1.807) is 0 Å². The number of phosphoric ester groups is 1. The summed E-state index contributed by atoms with van der Waals surface area (Å²) in [4.78, 5) is 0. The van der Waals surface area contributed by atoms with Gasteiger partial charge in [0.25, 0.3) is 0 Å². The largest absolute Gasteiger partial charge is 0.475 e. The molecule has 84 valence electrons. The molecule has 0 amide bonds. The summed E-state index contributed by atoms with van der Waals surface area (Å²) in [5, 5.41) is 0. The minimum absolute atomic E-state index is 0.0922. The Balaban J connectivity index is 2.34. The van der Waals surface area contributed by atoms with Crippen LogP contribution in [0.15, 0.2) is 0 Å². The molecule has 1 fully saturated rings. The normalized spacial score (nSPS) is 17.3. The summed E-state index contributed by atoms with van der Waals surface area (Å²) in [6.45, 7) is 4.77. The molecule has 0 radical (unpaired) electrons. The molecule has 0 bridgehead atoms. The van der Waals surface area contributed by atoms with Gasteiger partial charge < -0.3 is 0 Å². The Hall–Kier alpha value is 0.110. The molecular formula is C9H19O4P. The number of rotatable bonds is 8. The van der Waals surface area contributed by atoms with Gasteiger partial charge in [-0.15, -0.1) is 0 Å². The van der Waals surface area contributed by atoms with E-state index in [0.717, 1.165) is 25.7 Å².